The van der Waals surface area contributed by atoms with Crippen LogP contribution in [0.1, 0.15) is 219 Å². The van der Waals surface area contributed by atoms with E-state index in [1.165, 1.54) is 161 Å². The van der Waals surface area contributed by atoms with Gasteiger partial charge in [0.15, 0.2) is 0 Å². The van der Waals surface area contributed by atoms with Gasteiger partial charge in [-0.1, -0.05) is 187 Å². The minimum atomic E-state index is -0.676. The van der Waals surface area contributed by atoms with E-state index in [2.05, 4.69) is 31.3 Å². The van der Waals surface area contributed by atoms with Crippen LogP contribution in [0.3, 0.4) is 0 Å². The predicted octanol–water partition coefficient (Wildman–Crippen LogP) is 11.9. The first-order valence-corrected chi connectivity index (χ1v) is 19.9. The van der Waals surface area contributed by atoms with Gasteiger partial charge < -0.3 is 15.5 Å². The molecule has 0 heterocycles. The lowest BCUT2D eigenvalue weighted by Crippen LogP contribution is -2.45. The van der Waals surface area contributed by atoms with E-state index in [1.807, 2.05) is 0 Å². The van der Waals surface area contributed by atoms with Crippen LogP contribution in [0, 0.1) is 0 Å². The first kappa shape index (κ1) is 43.1. The lowest BCUT2D eigenvalue weighted by atomic mass is 10.0. The Kier molecular flexibility index (Phi) is 35.9. The Morgan fingerprint density at radius 3 is 1.25 bits per heavy atom. The molecule has 4 heteroatoms. The molecule has 2 atom stereocenters. The van der Waals surface area contributed by atoms with Gasteiger partial charge in [0.25, 0.3) is 0 Å². The maximum absolute atomic E-state index is 12.3. The van der Waals surface area contributed by atoms with E-state index < -0.39 is 12.1 Å². The summed E-state index contributed by atoms with van der Waals surface area (Å²) < 4.78 is 0. The number of hydrogen-bond acceptors (Lipinski definition) is 3. The summed E-state index contributed by atoms with van der Waals surface area (Å²) in [5, 5.41) is 23.1. The smallest absolute Gasteiger partial charge is 0.220 e. The highest BCUT2D eigenvalue weighted by molar-refractivity contribution is 5.76. The Morgan fingerprint density at radius 2 is 0.864 bits per heavy atom. The fourth-order valence-electron chi connectivity index (χ4n) is 6.18. The summed E-state index contributed by atoms with van der Waals surface area (Å²) in [4.78, 5) is 12.3. The van der Waals surface area contributed by atoms with Crippen molar-refractivity contribution >= 4 is 5.91 Å². The third-order valence-corrected chi connectivity index (χ3v) is 9.28. The number of amides is 1. The zero-order valence-corrected chi connectivity index (χ0v) is 29.9. The Hall–Kier alpha value is -0.870. The van der Waals surface area contributed by atoms with Gasteiger partial charge in [0, 0.05) is 6.42 Å². The number of rotatable bonds is 36. The van der Waals surface area contributed by atoms with E-state index in [-0.39, 0.29) is 12.5 Å². The van der Waals surface area contributed by atoms with Crippen LogP contribution in [0.15, 0.2) is 12.2 Å². The molecule has 0 saturated carbocycles. The van der Waals surface area contributed by atoms with Crippen molar-refractivity contribution in [1.29, 1.82) is 0 Å². The van der Waals surface area contributed by atoms with Gasteiger partial charge in [0.2, 0.25) is 5.91 Å². The van der Waals surface area contributed by atoms with Crippen LogP contribution in [0.4, 0.5) is 0 Å². The van der Waals surface area contributed by atoms with E-state index in [4.69, 9.17) is 0 Å². The van der Waals surface area contributed by atoms with Gasteiger partial charge in [-0.15, -0.1) is 0 Å². The normalized spacial score (nSPS) is 13.1. The largest absolute Gasteiger partial charge is 0.394 e. The molecule has 44 heavy (non-hydrogen) atoms. The average Bonchev–Trinajstić information content (AvgIpc) is 3.03. The van der Waals surface area contributed by atoms with E-state index in [9.17, 15) is 15.0 Å². The third kappa shape index (κ3) is 32.5. The number of carbonyl (C=O) groups is 1. The summed E-state index contributed by atoms with van der Waals surface area (Å²) in [6, 6.07) is -0.546. The first-order chi connectivity index (χ1) is 21.7. The molecule has 0 aliphatic rings. The molecule has 3 N–H and O–H groups in total. The van der Waals surface area contributed by atoms with E-state index in [1.54, 1.807) is 0 Å². The Balaban J connectivity index is 3.56. The lowest BCUT2D eigenvalue weighted by Gasteiger charge is -2.22. The number of nitrogens with one attached hydrogen (secondary N) is 1. The van der Waals surface area contributed by atoms with Gasteiger partial charge >= 0.3 is 0 Å². The molecule has 0 spiro atoms. The molecule has 1 amide bonds. The number of carbonyl (C=O) groups excluding carboxylic acids is 1. The molecule has 0 unspecified atom stereocenters. The highest BCUT2D eigenvalue weighted by Crippen LogP contribution is 2.15. The van der Waals surface area contributed by atoms with Crippen LogP contribution in [-0.2, 0) is 4.79 Å². The molecule has 4 nitrogen and oxygen atoms in total. The average molecular weight is 622 g/mol. The molecule has 0 aromatic rings. The Bertz CT molecular complexity index is 593. The molecule has 0 saturated heterocycles. The highest BCUT2D eigenvalue weighted by atomic mass is 16.3. The second kappa shape index (κ2) is 36.6. The summed E-state index contributed by atoms with van der Waals surface area (Å²) in [6.07, 6.45) is 44.2. The number of aliphatic hydroxyl groups is 2. The quantitative estimate of drug-likeness (QED) is 0.0481. The fourth-order valence-corrected chi connectivity index (χ4v) is 6.18. The van der Waals surface area contributed by atoms with Crippen LogP contribution in [0.25, 0.3) is 0 Å². The Labute approximate surface area is 276 Å². The number of hydrogen-bond donors (Lipinski definition) is 3. The second-order valence-corrected chi connectivity index (χ2v) is 13.7. The second-order valence-electron chi connectivity index (χ2n) is 13.7. The van der Waals surface area contributed by atoms with Crippen molar-refractivity contribution in [2.75, 3.05) is 6.61 Å². The van der Waals surface area contributed by atoms with Crippen LogP contribution in [-0.4, -0.2) is 34.9 Å². The van der Waals surface area contributed by atoms with Crippen molar-refractivity contribution in [3.05, 3.63) is 12.2 Å². The molecule has 0 fully saturated rings. The van der Waals surface area contributed by atoms with Crippen molar-refractivity contribution in [3.8, 4) is 0 Å². The maximum atomic E-state index is 12.3. The van der Waals surface area contributed by atoms with Crippen LogP contribution >= 0.6 is 0 Å². The fraction of sp³-hybridized carbons (Fsp3) is 0.925. The molecule has 0 aliphatic carbocycles. The van der Waals surface area contributed by atoms with E-state index in [0.29, 0.717) is 12.8 Å². The molecular formula is C40H79NO3. The van der Waals surface area contributed by atoms with Crippen LogP contribution in [0.5, 0.6) is 0 Å². The van der Waals surface area contributed by atoms with Gasteiger partial charge in [-0.3, -0.25) is 4.79 Å². The standard InChI is InChI=1S/C40H79NO3/c1-3-5-7-9-11-13-15-17-19-20-22-23-25-27-29-31-33-35-39(43)38(37-42)41-40(44)36-34-32-30-28-26-24-21-18-16-14-12-10-8-6-4-2/h25,27,38-39,42-43H,3-24,26,28-37H2,1-2H3,(H,41,44)/b27-25+/t38-,39+/m0/s1. The molecular weight excluding hydrogens is 542 g/mol. The molecule has 0 aromatic carbocycles. The SMILES string of the molecule is CCCCCCCCCCCCC/C=C/CCCC[C@@H](O)[C@H](CO)NC(=O)CCCCCCCCCCCCCCCCC. The van der Waals surface area contributed by atoms with Crippen molar-refractivity contribution in [2.45, 2.75) is 231 Å². The topological polar surface area (TPSA) is 69.6 Å². The number of allylic oxidation sites excluding steroid dienone is 2. The number of unbranched alkanes of at least 4 members (excludes halogenated alkanes) is 27. The van der Waals surface area contributed by atoms with Gasteiger partial charge in [-0.25, -0.2) is 0 Å². The van der Waals surface area contributed by atoms with Crippen molar-refractivity contribution in [2.24, 2.45) is 0 Å². The highest BCUT2D eigenvalue weighted by Gasteiger charge is 2.19. The summed E-state index contributed by atoms with van der Waals surface area (Å²) in [5.74, 6) is -0.0388. The molecule has 0 radical (unpaired) electrons. The molecule has 0 rings (SSSR count). The third-order valence-electron chi connectivity index (χ3n) is 9.28. The van der Waals surface area contributed by atoms with Crippen molar-refractivity contribution in [1.82, 2.24) is 5.32 Å². The van der Waals surface area contributed by atoms with Crippen LogP contribution in [0.2, 0.25) is 0 Å². The van der Waals surface area contributed by atoms with E-state index >= 15 is 0 Å². The monoisotopic (exact) mass is 622 g/mol. The van der Waals surface area contributed by atoms with Crippen LogP contribution < -0.4 is 5.32 Å². The maximum Gasteiger partial charge on any atom is 0.220 e. The van der Waals surface area contributed by atoms with Gasteiger partial charge in [0.05, 0.1) is 18.8 Å². The summed E-state index contributed by atoms with van der Waals surface area (Å²) >= 11 is 0. The van der Waals surface area contributed by atoms with Crippen molar-refractivity contribution < 1.29 is 15.0 Å². The predicted molar refractivity (Wildman–Crippen MR) is 193 cm³/mol. The minimum absolute atomic E-state index is 0.0388. The number of aliphatic hydroxyl groups excluding tert-OH is 2. The Morgan fingerprint density at radius 1 is 0.523 bits per heavy atom. The summed E-state index contributed by atoms with van der Waals surface area (Å²) in [7, 11) is 0. The molecule has 0 aromatic heterocycles. The molecule has 0 bridgehead atoms. The first-order valence-electron chi connectivity index (χ1n) is 19.9. The summed E-state index contributed by atoms with van der Waals surface area (Å²) in [6.45, 7) is 4.35. The van der Waals surface area contributed by atoms with Gasteiger partial charge in [-0.2, -0.15) is 0 Å². The van der Waals surface area contributed by atoms with Gasteiger partial charge in [-0.05, 0) is 38.5 Å². The van der Waals surface area contributed by atoms with Gasteiger partial charge in [0.1, 0.15) is 0 Å². The van der Waals surface area contributed by atoms with E-state index in [0.717, 1.165) is 32.1 Å². The zero-order chi connectivity index (χ0) is 32.2. The lowest BCUT2D eigenvalue weighted by molar-refractivity contribution is -0.123. The molecule has 262 valence electrons. The summed E-state index contributed by atoms with van der Waals surface area (Å²) in [5.41, 5.74) is 0. The zero-order valence-electron chi connectivity index (χ0n) is 29.9. The molecule has 0 aliphatic heterocycles. The minimum Gasteiger partial charge on any atom is -0.394 e. The van der Waals surface area contributed by atoms with Crippen molar-refractivity contribution in [3.63, 3.8) is 0 Å².